The number of carbonyl (C=O) groups excluding carboxylic acids is 1. The number of rotatable bonds is 4. The lowest BCUT2D eigenvalue weighted by molar-refractivity contribution is -0.0650. The van der Waals surface area contributed by atoms with Crippen molar-refractivity contribution in [3.05, 3.63) is 0 Å². The van der Waals surface area contributed by atoms with Crippen molar-refractivity contribution in [3.63, 3.8) is 0 Å². The highest BCUT2D eigenvalue weighted by Gasteiger charge is 2.34. The van der Waals surface area contributed by atoms with Crippen molar-refractivity contribution in [1.29, 1.82) is 0 Å². The van der Waals surface area contributed by atoms with E-state index in [-0.39, 0.29) is 18.8 Å². The Morgan fingerprint density at radius 2 is 2.06 bits per heavy atom. The quantitative estimate of drug-likeness (QED) is 0.733. The van der Waals surface area contributed by atoms with Crippen LogP contribution in [-0.4, -0.2) is 54.1 Å². The minimum Gasteiger partial charge on any atom is -0.444 e. The summed E-state index contributed by atoms with van der Waals surface area (Å²) in [6.07, 6.45) is 0.455. The molecule has 0 bridgehead atoms. The van der Waals surface area contributed by atoms with Crippen LogP contribution in [0, 0.1) is 0 Å². The van der Waals surface area contributed by atoms with E-state index >= 15 is 0 Å². The molecule has 5 nitrogen and oxygen atoms in total. The Morgan fingerprint density at radius 1 is 1.44 bits per heavy atom. The molecule has 1 heterocycles. The topological polar surface area (TPSA) is 59.0 Å². The van der Waals surface area contributed by atoms with E-state index in [1.165, 1.54) is 0 Å². The molecule has 5 heteroatoms. The summed E-state index contributed by atoms with van der Waals surface area (Å²) >= 11 is 0. The first-order valence-electron chi connectivity index (χ1n) is 5.63. The van der Waals surface area contributed by atoms with Gasteiger partial charge in [0.25, 0.3) is 0 Å². The van der Waals surface area contributed by atoms with Gasteiger partial charge < -0.3 is 19.5 Å². The Balaban J connectivity index is 2.13. The van der Waals surface area contributed by atoms with Gasteiger partial charge in [-0.2, -0.15) is 0 Å². The summed E-state index contributed by atoms with van der Waals surface area (Å²) in [6.45, 7) is 7.40. The van der Waals surface area contributed by atoms with Crippen molar-refractivity contribution in [2.45, 2.75) is 38.9 Å². The Kier molecular flexibility index (Phi) is 4.56. The smallest absolute Gasteiger partial charge is 0.410 e. The summed E-state index contributed by atoms with van der Waals surface area (Å²) in [5.41, 5.74) is -0.445. The van der Waals surface area contributed by atoms with Crippen molar-refractivity contribution in [2.24, 2.45) is 0 Å². The number of amides is 1. The van der Waals surface area contributed by atoms with Crippen LogP contribution in [0.1, 0.15) is 27.2 Å². The zero-order chi connectivity index (χ0) is 12.2. The van der Waals surface area contributed by atoms with Crippen LogP contribution in [0.2, 0.25) is 0 Å². The van der Waals surface area contributed by atoms with Gasteiger partial charge in [-0.3, -0.25) is 0 Å². The first kappa shape index (κ1) is 13.3. The molecule has 1 rings (SSSR count). The molecular formula is C11H21NO4. The lowest BCUT2D eigenvalue weighted by Gasteiger charge is -2.39. The number of ether oxygens (including phenoxy) is 2. The maximum Gasteiger partial charge on any atom is 0.410 e. The van der Waals surface area contributed by atoms with Gasteiger partial charge in [-0.25, -0.2) is 4.79 Å². The Hall–Kier alpha value is -0.810. The summed E-state index contributed by atoms with van der Waals surface area (Å²) in [7, 11) is 0. The second-order valence-corrected chi connectivity index (χ2v) is 4.96. The second kappa shape index (κ2) is 5.50. The number of hydrogen-bond acceptors (Lipinski definition) is 4. The zero-order valence-electron chi connectivity index (χ0n) is 10.2. The molecule has 1 fully saturated rings. The molecule has 16 heavy (non-hydrogen) atoms. The molecule has 0 spiro atoms. The third-order valence-electron chi connectivity index (χ3n) is 2.16. The maximum absolute atomic E-state index is 11.5. The normalized spacial score (nSPS) is 17.1. The van der Waals surface area contributed by atoms with Gasteiger partial charge in [0.1, 0.15) is 5.60 Å². The SMILES string of the molecule is CC(C)(C)OC(=O)N1CC(OCCCO)C1. The predicted molar refractivity (Wildman–Crippen MR) is 59.2 cm³/mol. The van der Waals surface area contributed by atoms with E-state index < -0.39 is 5.60 Å². The van der Waals surface area contributed by atoms with Crippen molar-refractivity contribution >= 4 is 6.09 Å². The lowest BCUT2D eigenvalue weighted by Crippen LogP contribution is -2.55. The van der Waals surface area contributed by atoms with Gasteiger partial charge in [-0.05, 0) is 27.2 Å². The standard InChI is InChI=1S/C11H21NO4/c1-11(2,3)16-10(14)12-7-9(8-12)15-6-4-5-13/h9,13H,4-8H2,1-3H3. The van der Waals surface area contributed by atoms with Gasteiger partial charge >= 0.3 is 6.09 Å². The van der Waals surface area contributed by atoms with E-state index in [1.54, 1.807) is 4.90 Å². The van der Waals surface area contributed by atoms with Gasteiger partial charge in [-0.1, -0.05) is 0 Å². The molecule has 0 aliphatic carbocycles. The zero-order valence-corrected chi connectivity index (χ0v) is 10.2. The molecule has 0 unspecified atom stereocenters. The fourth-order valence-electron chi connectivity index (χ4n) is 1.33. The van der Waals surface area contributed by atoms with Crippen molar-refractivity contribution in [3.8, 4) is 0 Å². The van der Waals surface area contributed by atoms with Gasteiger partial charge in [0.2, 0.25) is 0 Å². The van der Waals surface area contributed by atoms with Gasteiger partial charge in [-0.15, -0.1) is 0 Å². The minimum absolute atomic E-state index is 0.0964. The van der Waals surface area contributed by atoms with Crippen LogP contribution in [0.15, 0.2) is 0 Å². The molecule has 0 atom stereocenters. The molecule has 1 saturated heterocycles. The number of aliphatic hydroxyl groups excluding tert-OH is 1. The molecule has 94 valence electrons. The number of likely N-dealkylation sites (tertiary alicyclic amines) is 1. The van der Waals surface area contributed by atoms with E-state index in [9.17, 15) is 4.79 Å². The summed E-state index contributed by atoms with van der Waals surface area (Å²) in [5, 5.41) is 8.57. The van der Waals surface area contributed by atoms with Crippen molar-refractivity contribution < 1.29 is 19.4 Å². The third-order valence-corrected chi connectivity index (χ3v) is 2.16. The first-order chi connectivity index (χ1) is 7.42. The summed E-state index contributed by atoms with van der Waals surface area (Å²) in [4.78, 5) is 13.1. The van der Waals surface area contributed by atoms with Crippen molar-refractivity contribution in [1.82, 2.24) is 4.90 Å². The molecule has 0 saturated carbocycles. The van der Waals surface area contributed by atoms with E-state index in [1.807, 2.05) is 20.8 Å². The third kappa shape index (κ3) is 4.37. The summed E-state index contributed by atoms with van der Waals surface area (Å²) in [6, 6.07) is 0. The van der Waals surface area contributed by atoms with E-state index in [0.29, 0.717) is 26.1 Å². The molecule has 0 aromatic rings. The molecule has 1 aliphatic heterocycles. The van der Waals surface area contributed by atoms with Crippen LogP contribution in [0.3, 0.4) is 0 Å². The molecule has 1 aliphatic rings. The van der Waals surface area contributed by atoms with Crippen LogP contribution >= 0.6 is 0 Å². The van der Waals surface area contributed by atoms with Gasteiger partial charge in [0.05, 0.1) is 19.2 Å². The first-order valence-corrected chi connectivity index (χ1v) is 5.63. The highest BCUT2D eigenvalue weighted by atomic mass is 16.6. The van der Waals surface area contributed by atoms with Crippen LogP contribution in [-0.2, 0) is 9.47 Å². The van der Waals surface area contributed by atoms with Crippen LogP contribution in [0.5, 0.6) is 0 Å². The second-order valence-electron chi connectivity index (χ2n) is 4.96. The van der Waals surface area contributed by atoms with E-state index in [0.717, 1.165) is 0 Å². The van der Waals surface area contributed by atoms with Crippen LogP contribution in [0.4, 0.5) is 4.79 Å². The highest BCUT2D eigenvalue weighted by molar-refractivity contribution is 5.69. The summed E-state index contributed by atoms with van der Waals surface area (Å²) < 4.78 is 10.6. The molecular weight excluding hydrogens is 210 g/mol. The van der Waals surface area contributed by atoms with E-state index in [2.05, 4.69) is 0 Å². The van der Waals surface area contributed by atoms with Crippen molar-refractivity contribution in [2.75, 3.05) is 26.3 Å². The molecule has 1 N–H and O–H groups in total. The number of hydrogen-bond donors (Lipinski definition) is 1. The van der Waals surface area contributed by atoms with Crippen LogP contribution < -0.4 is 0 Å². The molecule has 0 aromatic heterocycles. The highest BCUT2D eigenvalue weighted by Crippen LogP contribution is 2.17. The lowest BCUT2D eigenvalue weighted by atomic mass is 10.2. The maximum atomic E-state index is 11.5. The number of aliphatic hydroxyl groups is 1. The van der Waals surface area contributed by atoms with Crippen LogP contribution in [0.25, 0.3) is 0 Å². The number of carbonyl (C=O) groups is 1. The molecule has 0 radical (unpaired) electrons. The fraction of sp³-hybridized carbons (Fsp3) is 0.909. The Bertz CT molecular complexity index is 231. The van der Waals surface area contributed by atoms with Gasteiger partial charge in [0.15, 0.2) is 0 Å². The van der Waals surface area contributed by atoms with Gasteiger partial charge in [0, 0.05) is 13.2 Å². The monoisotopic (exact) mass is 231 g/mol. The molecule has 1 amide bonds. The minimum atomic E-state index is -0.445. The van der Waals surface area contributed by atoms with E-state index in [4.69, 9.17) is 14.6 Å². The summed E-state index contributed by atoms with van der Waals surface area (Å²) in [5.74, 6) is 0. The average Bonchev–Trinajstić information content (AvgIpc) is 2.05. The number of nitrogens with zero attached hydrogens (tertiary/aromatic N) is 1. The Labute approximate surface area is 96.3 Å². The fourth-order valence-corrected chi connectivity index (χ4v) is 1.33. The average molecular weight is 231 g/mol. The predicted octanol–water partition coefficient (Wildman–Crippen LogP) is 1.00. The molecule has 0 aromatic carbocycles. The largest absolute Gasteiger partial charge is 0.444 e. The Morgan fingerprint density at radius 3 is 2.56 bits per heavy atom.